The van der Waals surface area contributed by atoms with Crippen LogP contribution < -0.4 is 10.2 Å². The van der Waals surface area contributed by atoms with Crippen molar-refractivity contribution in [2.75, 3.05) is 39.5 Å². The highest BCUT2D eigenvalue weighted by Crippen LogP contribution is 2.45. The third kappa shape index (κ3) is 16.6. The largest absolute Gasteiger partial charge is 0.405 e. The molecule has 0 bridgehead atoms. The fourth-order valence-corrected chi connectivity index (χ4v) is 4.95. The van der Waals surface area contributed by atoms with Crippen LogP contribution in [0.3, 0.4) is 0 Å². The zero-order chi connectivity index (χ0) is 21.8. The molecule has 0 spiro atoms. The van der Waals surface area contributed by atoms with Gasteiger partial charge in [0.2, 0.25) is 0 Å². The summed E-state index contributed by atoms with van der Waals surface area (Å²) in [5.41, 5.74) is 0. The monoisotopic (exact) mass is 458 g/mol. The minimum atomic E-state index is -3.31. The van der Waals surface area contributed by atoms with Crippen LogP contribution in [0.1, 0.15) is 85.5 Å². The summed E-state index contributed by atoms with van der Waals surface area (Å²) in [4.78, 5) is 0. The van der Waals surface area contributed by atoms with Crippen molar-refractivity contribution in [2.45, 2.75) is 85.5 Å². The molecule has 0 amide bonds. The zero-order valence-corrected chi connectivity index (χ0v) is 20.7. The van der Waals surface area contributed by atoms with Gasteiger partial charge in [-0.25, -0.2) is 19.3 Å². The summed E-state index contributed by atoms with van der Waals surface area (Å²) in [6.07, 6.45) is 7.75. The number of hydrogen-bond acceptors (Lipinski definition) is 6. The van der Waals surface area contributed by atoms with Gasteiger partial charge in [0, 0.05) is 13.1 Å². The molecule has 0 radical (unpaired) electrons. The van der Waals surface area contributed by atoms with E-state index >= 15 is 0 Å². The first kappa shape index (κ1) is 29.2. The third-order valence-corrected chi connectivity index (χ3v) is 7.31. The molecule has 0 aromatic heterocycles. The van der Waals surface area contributed by atoms with Gasteiger partial charge in [-0.15, -0.1) is 0 Å². The van der Waals surface area contributed by atoms with E-state index in [9.17, 15) is 9.13 Å². The Balaban J connectivity index is 4.40. The Morgan fingerprint density at radius 3 is 1.03 bits per heavy atom. The Hall–Kier alpha value is 0.220. The first-order chi connectivity index (χ1) is 13.9. The first-order valence-corrected chi connectivity index (χ1v) is 14.3. The normalized spacial score (nSPS) is 12.6. The molecule has 176 valence electrons. The molecular formula is C19H44N2O6P2. The number of nitrogens with one attached hydrogen (secondary N) is 2. The molecule has 0 atom stereocenters. The molecule has 0 rings (SSSR count). The number of rotatable bonds is 22. The molecular weight excluding hydrogens is 414 g/mol. The van der Waals surface area contributed by atoms with E-state index in [2.05, 4.69) is 37.9 Å². The maximum absolute atomic E-state index is 12.8. The van der Waals surface area contributed by atoms with Gasteiger partial charge in [0.05, 0.1) is 26.4 Å². The average Bonchev–Trinajstić information content (AvgIpc) is 2.69. The van der Waals surface area contributed by atoms with Gasteiger partial charge in [0.1, 0.15) is 0 Å². The quantitative estimate of drug-likeness (QED) is 0.150. The van der Waals surface area contributed by atoms with E-state index in [0.29, 0.717) is 45.9 Å². The van der Waals surface area contributed by atoms with Crippen molar-refractivity contribution in [1.29, 1.82) is 0 Å². The summed E-state index contributed by atoms with van der Waals surface area (Å²) in [5, 5.41) is 5.81. The van der Waals surface area contributed by atoms with E-state index in [4.69, 9.17) is 18.1 Å². The lowest BCUT2D eigenvalue weighted by Crippen LogP contribution is -2.22. The summed E-state index contributed by atoms with van der Waals surface area (Å²) in [5.74, 6) is 0. The second-order valence-corrected chi connectivity index (χ2v) is 10.6. The van der Waals surface area contributed by atoms with Crippen molar-refractivity contribution in [3.8, 4) is 0 Å². The van der Waals surface area contributed by atoms with Crippen LogP contribution in [0.2, 0.25) is 0 Å². The Kier molecular flexibility index (Phi) is 19.1. The van der Waals surface area contributed by atoms with Crippen LogP contribution in [-0.4, -0.2) is 39.5 Å². The molecule has 29 heavy (non-hydrogen) atoms. The van der Waals surface area contributed by atoms with Crippen LogP contribution in [0.4, 0.5) is 0 Å². The molecule has 0 aliphatic heterocycles. The highest BCUT2D eigenvalue weighted by Gasteiger charge is 2.25. The van der Waals surface area contributed by atoms with E-state index in [1.165, 1.54) is 0 Å². The Morgan fingerprint density at radius 2 is 0.793 bits per heavy atom. The average molecular weight is 459 g/mol. The van der Waals surface area contributed by atoms with Gasteiger partial charge in [0.25, 0.3) is 0 Å². The molecule has 0 fully saturated rings. The van der Waals surface area contributed by atoms with Crippen LogP contribution in [0.25, 0.3) is 0 Å². The molecule has 0 heterocycles. The van der Waals surface area contributed by atoms with Crippen LogP contribution in [0.5, 0.6) is 0 Å². The molecule has 0 aliphatic carbocycles. The van der Waals surface area contributed by atoms with Crippen LogP contribution in [-0.2, 0) is 27.2 Å². The molecule has 0 aromatic carbocycles. The number of unbranched alkanes of at least 4 members (excludes halogenated alkanes) is 4. The van der Waals surface area contributed by atoms with Crippen molar-refractivity contribution >= 4 is 15.5 Å². The molecule has 0 saturated carbocycles. The van der Waals surface area contributed by atoms with Gasteiger partial charge in [-0.1, -0.05) is 53.4 Å². The highest BCUT2D eigenvalue weighted by molar-refractivity contribution is 7.51. The summed E-state index contributed by atoms with van der Waals surface area (Å²) in [6.45, 7) is 10.6. The molecule has 0 aromatic rings. The van der Waals surface area contributed by atoms with E-state index in [-0.39, 0.29) is 0 Å². The van der Waals surface area contributed by atoms with E-state index < -0.39 is 15.5 Å². The second kappa shape index (κ2) is 18.9. The molecule has 0 unspecified atom stereocenters. The minimum Gasteiger partial charge on any atom is -0.297 e. The SMILES string of the molecule is CCCCOP(=O)(NCCCNP(=O)(OCCCC)OCCCC)OCCCC. The lowest BCUT2D eigenvalue weighted by molar-refractivity contribution is 0.190. The van der Waals surface area contributed by atoms with E-state index in [0.717, 1.165) is 51.4 Å². The maximum atomic E-state index is 12.8. The topological polar surface area (TPSA) is 95.1 Å². The smallest absolute Gasteiger partial charge is 0.297 e. The van der Waals surface area contributed by atoms with Crippen molar-refractivity contribution in [3.05, 3.63) is 0 Å². The van der Waals surface area contributed by atoms with E-state index in [1.54, 1.807) is 0 Å². The highest BCUT2D eigenvalue weighted by atomic mass is 31.2. The van der Waals surface area contributed by atoms with Crippen LogP contribution in [0.15, 0.2) is 0 Å². The standard InChI is InChI=1S/C19H44N2O6P2/c1-5-9-16-24-28(22,25-17-10-6-2)20-14-13-15-21-29(23,26-18-11-7-3)27-19-12-8-4/h5-19H2,1-4H3,(H,20,22)(H,21,23). The summed E-state index contributed by atoms with van der Waals surface area (Å²) in [6, 6.07) is 0. The molecule has 0 aliphatic rings. The fraction of sp³-hybridized carbons (Fsp3) is 1.00. The zero-order valence-electron chi connectivity index (χ0n) is 19.0. The lowest BCUT2D eigenvalue weighted by atomic mass is 10.4. The maximum Gasteiger partial charge on any atom is 0.405 e. The van der Waals surface area contributed by atoms with Gasteiger partial charge in [-0.05, 0) is 32.1 Å². The predicted octanol–water partition coefficient (Wildman–Crippen LogP) is 6.04. The van der Waals surface area contributed by atoms with Crippen molar-refractivity contribution in [1.82, 2.24) is 10.2 Å². The third-order valence-electron chi connectivity index (χ3n) is 4.00. The summed E-state index contributed by atoms with van der Waals surface area (Å²) in [7, 11) is -6.62. The number of hydrogen-bond donors (Lipinski definition) is 2. The van der Waals surface area contributed by atoms with Crippen LogP contribution >= 0.6 is 15.5 Å². The Bertz CT molecular complexity index is 400. The lowest BCUT2D eigenvalue weighted by Gasteiger charge is -2.21. The van der Waals surface area contributed by atoms with Gasteiger partial charge >= 0.3 is 15.5 Å². The Labute approximate surface area is 178 Å². The summed E-state index contributed by atoms with van der Waals surface area (Å²) >= 11 is 0. The first-order valence-electron chi connectivity index (χ1n) is 11.2. The molecule has 0 saturated heterocycles. The summed E-state index contributed by atoms with van der Waals surface area (Å²) < 4.78 is 47.6. The van der Waals surface area contributed by atoms with E-state index in [1.807, 2.05) is 0 Å². The van der Waals surface area contributed by atoms with Crippen molar-refractivity contribution in [3.63, 3.8) is 0 Å². The van der Waals surface area contributed by atoms with Crippen molar-refractivity contribution in [2.24, 2.45) is 0 Å². The van der Waals surface area contributed by atoms with Crippen molar-refractivity contribution < 1.29 is 27.2 Å². The minimum absolute atomic E-state index is 0.400. The van der Waals surface area contributed by atoms with Gasteiger partial charge in [0.15, 0.2) is 0 Å². The van der Waals surface area contributed by atoms with Crippen LogP contribution in [0, 0.1) is 0 Å². The van der Waals surface area contributed by atoms with Gasteiger partial charge in [-0.2, -0.15) is 0 Å². The molecule has 8 nitrogen and oxygen atoms in total. The molecule has 2 N–H and O–H groups in total. The molecule has 10 heteroatoms. The second-order valence-electron chi connectivity index (χ2n) is 6.91. The Morgan fingerprint density at radius 1 is 0.517 bits per heavy atom. The van der Waals surface area contributed by atoms with Gasteiger partial charge in [-0.3, -0.25) is 18.1 Å². The fourth-order valence-electron chi connectivity index (χ4n) is 2.09. The van der Waals surface area contributed by atoms with Gasteiger partial charge < -0.3 is 0 Å². The predicted molar refractivity (Wildman–Crippen MR) is 119 cm³/mol.